The third kappa shape index (κ3) is 4.97. The van der Waals surface area contributed by atoms with Crippen molar-refractivity contribution in [1.82, 2.24) is 19.6 Å². The van der Waals surface area contributed by atoms with Crippen molar-refractivity contribution in [2.45, 2.75) is 52.6 Å². The summed E-state index contributed by atoms with van der Waals surface area (Å²) in [6.07, 6.45) is 21.2. The number of rotatable bonds is 6. The van der Waals surface area contributed by atoms with Crippen molar-refractivity contribution in [1.29, 1.82) is 0 Å². The minimum Gasteiger partial charge on any atom is -0.401 e. The normalized spacial score (nSPS) is 24.2. The molecule has 6 nitrogen and oxygen atoms in total. The average molecular weight is 597 g/mol. The van der Waals surface area contributed by atoms with Gasteiger partial charge in [0, 0.05) is 60.2 Å². The summed E-state index contributed by atoms with van der Waals surface area (Å²) >= 11 is 0. The molecule has 0 amide bonds. The predicted molar refractivity (Wildman–Crippen MR) is 183 cm³/mol. The Morgan fingerprint density at radius 3 is 2.27 bits per heavy atom. The molecular formula is C39H44N6-2. The van der Waals surface area contributed by atoms with Crippen LogP contribution < -0.4 is 9.80 Å². The van der Waals surface area contributed by atoms with Crippen molar-refractivity contribution in [3.63, 3.8) is 0 Å². The van der Waals surface area contributed by atoms with Crippen LogP contribution in [0.3, 0.4) is 0 Å². The van der Waals surface area contributed by atoms with E-state index in [4.69, 9.17) is 0 Å². The van der Waals surface area contributed by atoms with Crippen LogP contribution in [-0.2, 0) is 0 Å². The highest BCUT2D eigenvalue weighted by atomic mass is 15.4. The van der Waals surface area contributed by atoms with Crippen molar-refractivity contribution >= 4 is 11.4 Å². The van der Waals surface area contributed by atoms with Gasteiger partial charge in [-0.05, 0) is 63.8 Å². The Bertz CT molecular complexity index is 1610. The Kier molecular flexibility index (Phi) is 7.08. The molecule has 2 aromatic rings. The fourth-order valence-electron chi connectivity index (χ4n) is 8.05. The van der Waals surface area contributed by atoms with E-state index < -0.39 is 0 Å². The van der Waals surface area contributed by atoms with Gasteiger partial charge in [-0.2, -0.15) is 5.92 Å². The molecule has 0 N–H and O–H groups in total. The van der Waals surface area contributed by atoms with Gasteiger partial charge in [0.15, 0.2) is 0 Å². The van der Waals surface area contributed by atoms with Gasteiger partial charge in [0.25, 0.3) is 0 Å². The van der Waals surface area contributed by atoms with Crippen LogP contribution in [-0.4, -0.2) is 52.2 Å². The van der Waals surface area contributed by atoms with Gasteiger partial charge in [0.1, 0.15) is 0 Å². The summed E-state index contributed by atoms with van der Waals surface area (Å²) in [6, 6.07) is 21.6. The highest BCUT2D eigenvalue weighted by Gasteiger charge is 2.40. The van der Waals surface area contributed by atoms with E-state index >= 15 is 0 Å². The second-order valence-corrected chi connectivity index (χ2v) is 13.2. The molecule has 0 radical (unpaired) electrons. The van der Waals surface area contributed by atoms with Gasteiger partial charge in [0.05, 0.1) is 19.5 Å². The van der Waals surface area contributed by atoms with Gasteiger partial charge in [-0.15, -0.1) is 5.70 Å². The van der Waals surface area contributed by atoms with E-state index in [9.17, 15) is 0 Å². The monoisotopic (exact) mass is 596 g/mol. The topological polar surface area (TPSA) is 19.4 Å². The molecular weight excluding hydrogens is 552 g/mol. The van der Waals surface area contributed by atoms with Crippen molar-refractivity contribution in [3.8, 4) is 0 Å². The number of nitrogens with zero attached hydrogens (tertiary/aromatic N) is 6. The number of hydrogen-bond acceptors (Lipinski definition) is 6. The predicted octanol–water partition coefficient (Wildman–Crippen LogP) is 7.76. The summed E-state index contributed by atoms with van der Waals surface area (Å²) in [6.45, 7) is 10.8. The molecule has 6 aliphatic rings. The van der Waals surface area contributed by atoms with Crippen LogP contribution in [0.2, 0.25) is 0 Å². The molecule has 1 aliphatic carbocycles. The van der Waals surface area contributed by atoms with Gasteiger partial charge >= 0.3 is 0 Å². The molecule has 0 aromatic heterocycles. The van der Waals surface area contributed by atoms with E-state index in [1.807, 2.05) is 0 Å². The first kappa shape index (κ1) is 27.9. The number of anilines is 2. The van der Waals surface area contributed by atoms with E-state index in [-0.39, 0.29) is 6.17 Å². The SMILES string of the molecule is CC1=CN(c2ccccc2)CN1CCC1CCC2=C(N3CN(c4ccccc4)C=C3C)[C-]3C=C[CH-]C=C3N3C=C(C)N(CC1)C23. The number of benzene rings is 2. The quantitative estimate of drug-likeness (QED) is 0.315. The second-order valence-electron chi connectivity index (χ2n) is 13.2. The van der Waals surface area contributed by atoms with Crippen LogP contribution in [0, 0.1) is 18.3 Å². The Hall–Kier alpha value is -4.58. The highest BCUT2D eigenvalue weighted by molar-refractivity contribution is 5.61. The number of fused-ring (bicyclic) bond motifs is 2. The number of allylic oxidation sites excluding steroid dienone is 5. The molecule has 8 rings (SSSR count). The first-order chi connectivity index (χ1) is 22.0. The zero-order valence-corrected chi connectivity index (χ0v) is 26.8. The molecule has 5 heterocycles. The summed E-state index contributed by atoms with van der Waals surface area (Å²) in [5.41, 5.74) is 10.9. The average Bonchev–Trinajstić information content (AvgIpc) is 3.74. The Morgan fingerprint density at radius 1 is 0.800 bits per heavy atom. The number of hydrogen-bond donors (Lipinski definition) is 0. The lowest BCUT2D eigenvalue weighted by molar-refractivity contribution is 0.157. The zero-order chi connectivity index (χ0) is 30.5. The standard InChI is InChI=1S/C39H44N6/c1-29-24-41(33-12-6-4-7-13-33)27-40(29)22-20-32-18-19-36-38(45-28-42(25-30(45)2)34-14-8-5-9-15-34)35-16-10-11-17-37(35)44-26-31(3)43(23-21-32)39(36)44/h4-17,24-26,32,39H,18-23,27-28H2,1-3H3/q-2. The summed E-state index contributed by atoms with van der Waals surface area (Å²) < 4.78 is 0. The fraction of sp³-hybridized carbons (Fsp3) is 0.333. The molecule has 0 bridgehead atoms. The summed E-state index contributed by atoms with van der Waals surface area (Å²) in [5.74, 6) is 2.04. The molecule has 2 unspecified atom stereocenters. The van der Waals surface area contributed by atoms with Gasteiger partial charge in [-0.25, -0.2) is 12.2 Å². The lowest BCUT2D eigenvalue weighted by atomic mass is 9.81. The first-order valence-corrected chi connectivity index (χ1v) is 16.6. The van der Waals surface area contributed by atoms with Crippen LogP contribution in [0.4, 0.5) is 11.4 Å². The molecule has 1 fully saturated rings. The maximum absolute atomic E-state index is 2.69. The molecule has 0 saturated carbocycles. The summed E-state index contributed by atoms with van der Waals surface area (Å²) in [5, 5.41) is 0. The van der Waals surface area contributed by atoms with Crippen molar-refractivity contribution in [2.24, 2.45) is 5.92 Å². The van der Waals surface area contributed by atoms with E-state index in [0.717, 1.165) is 32.8 Å². The van der Waals surface area contributed by atoms with E-state index in [2.05, 4.69) is 154 Å². The van der Waals surface area contributed by atoms with E-state index in [1.54, 1.807) is 5.57 Å². The third-order valence-corrected chi connectivity index (χ3v) is 10.5. The van der Waals surface area contributed by atoms with Gasteiger partial charge in [-0.1, -0.05) is 60.5 Å². The minimum absolute atomic E-state index is 0.262. The molecule has 1 saturated heterocycles. The van der Waals surface area contributed by atoms with Crippen LogP contribution in [0.15, 0.2) is 132 Å². The minimum atomic E-state index is 0.262. The zero-order valence-electron chi connectivity index (χ0n) is 26.8. The van der Waals surface area contributed by atoms with Crippen LogP contribution >= 0.6 is 0 Å². The van der Waals surface area contributed by atoms with Crippen LogP contribution in [0.25, 0.3) is 0 Å². The molecule has 2 atom stereocenters. The van der Waals surface area contributed by atoms with Crippen LogP contribution in [0.5, 0.6) is 0 Å². The summed E-state index contributed by atoms with van der Waals surface area (Å²) in [7, 11) is 0. The smallest absolute Gasteiger partial charge is 0.0974 e. The largest absolute Gasteiger partial charge is 0.401 e. The van der Waals surface area contributed by atoms with Gasteiger partial charge < -0.3 is 29.4 Å². The molecule has 6 heteroatoms. The van der Waals surface area contributed by atoms with Crippen LogP contribution in [0.1, 0.15) is 46.5 Å². The fourth-order valence-corrected chi connectivity index (χ4v) is 8.05. The first-order valence-electron chi connectivity index (χ1n) is 16.6. The number of para-hydroxylation sites is 2. The summed E-state index contributed by atoms with van der Waals surface area (Å²) in [4.78, 5) is 15.2. The van der Waals surface area contributed by atoms with Crippen molar-refractivity contribution in [3.05, 3.63) is 144 Å². The van der Waals surface area contributed by atoms with E-state index in [0.29, 0.717) is 5.92 Å². The Balaban J connectivity index is 1.06. The molecule has 0 spiro atoms. The van der Waals surface area contributed by atoms with Crippen molar-refractivity contribution < 1.29 is 0 Å². The molecule has 45 heavy (non-hydrogen) atoms. The lowest BCUT2D eigenvalue weighted by Gasteiger charge is -2.57. The van der Waals surface area contributed by atoms with E-state index in [1.165, 1.54) is 65.0 Å². The Morgan fingerprint density at radius 2 is 1.51 bits per heavy atom. The third-order valence-electron chi connectivity index (χ3n) is 10.5. The second kappa shape index (κ2) is 11.4. The maximum atomic E-state index is 2.69. The Labute approximate surface area is 269 Å². The van der Waals surface area contributed by atoms with Crippen molar-refractivity contribution in [2.75, 3.05) is 36.2 Å². The maximum Gasteiger partial charge on any atom is 0.0974 e. The lowest BCUT2D eigenvalue weighted by Crippen LogP contribution is -2.49. The molecule has 2 aromatic carbocycles. The molecule has 232 valence electrons. The van der Waals surface area contributed by atoms with Gasteiger partial charge in [0.2, 0.25) is 0 Å². The van der Waals surface area contributed by atoms with Gasteiger partial charge in [-0.3, -0.25) is 12.5 Å². The molecule has 5 aliphatic heterocycles. The highest BCUT2D eigenvalue weighted by Crippen LogP contribution is 2.50.